The predicted octanol–water partition coefficient (Wildman–Crippen LogP) is 6.39. The van der Waals surface area contributed by atoms with Crippen LogP contribution in [-0.2, 0) is 11.2 Å². The van der Waals surface area contributed by atoms with E-state index in [1.165, 1.54) is 0 Å². The van der Waals surface area contributed by atoms with Crippen LogP contribution in [-0.4, -0.2) is 21.0 Å². The summed E-state index contributed by atoms with van der Waals surface area (Å²) in [6.45, 7) is 0. The minimum absolute atomic E-state index is 0.106. The number of amides is 1. The summed E-state index contributed by atoms with van der Waals surface area (Å²) in [6, 6.07) is 30.1. The average Bonchev–Trinajstić information content (AvgIpc) is 3.47. The summed E-state index contributed by atoms with van der Waals surface area (Å²) in [7, 11) is 0. The molecule has 6 nitrogen and oxygen atoms in total. The van der Waals surface area contributed by atoms with E-state index >= 15 is 0 Å². The van der Waals surface area contributed by atoms with Crippen molar-refractivity contribution >= 4 is 28.7 Å². The van der Waals surface area contributed by atoms with E-state index in [0.29, 0.717) is 11.5 Å². The third kappa shape index (κ3) is 6.14. The van der Waals surface area contributed by atoms with Gasteiger partial charge in [0.1, 0.15) is 5.82 Å². The zero-order valence-electron chi connectivity index (χ0n) is 20.6. The molecule has 2 aromatic carbocycles. The van der Waals surface area contributed by atoms with Gasteiger partial charge in [0.2, 0.25) is 5.91 Å². The number of thiophene rings is 1. The number of para-hydroxylation sites is 1. The molecule has 190 valence electrons. The molecule has 38 heavy (non-hydrogen) atoms. The van der Waals surface area contributed by atoms with E-state index in [2.05, 4.69) is 20.6 Å². The van der Waals surface area contributed by atoms with Crippen molar-refractivity contribution in [2.45, 2.75) is 24.5 Å². The van der Waals surface area contributed by atoms with Gasteiger partial charge in [0.25, 0.3) is 0 Å². The lowest BCUT2D eigenvalue weighted by Gasteiger charge is -2.33. The van der Waals surface area contributed by atoms with Crippen LogP contribution in [0.5, 0.6) is 0 Å². The Morgan fingerprint density at radius 3 is 2.29 bits per heavy atom. The fourth-order valence-corrected chi connectivity index (χ4v) is 5.24. The number of nitrogens with one attached hydrogen (secondary N) is 2. The molecule has 0 aliphatic rings. The van der Waals surface area contributed by atoms with E-state index in [1.807, 2.05) is 108 Å². The summed E-state index contributed by atoms with van der Waals surface area (Å²) in [6.07, 6.45) is 2.85. The van der Waals surface area contributed by atoms with Gasteiger partial charge in [-0.1, -0.05) is 60.7 Å². The largest absolute Gasteiger partial charge is 0.388 e. The predicted molar refractivity (Wildman–Crippen MR) is 152 cm³/mol. The molecule has 5 rings (SSSR count). The standard InChI is InChI=1S/C31H28N4O2S/c36-28(20-22-16-19-38-21-22)34-25-13-5-4-12-24(25)30(35-27-15-7-9-18-33-27)29(26-14-6-8-17-32-26)31(37)23-10-2-1-3-11-23/h1-19,21,29-31,37H,20H2,(H,33,35)(H,34,36)/t29-,30+,31+/m0/s1. The maximum atomic E-state index is 13.0. The van der Waals surface area contributed by atoms with Crippen LogP contribution in [0.25, 0.3) is 0 Å². The second kappa shape index (κ2) is 12.3. The van der Waals surface area contributed by atoms with Crippen molar-refractivity contribution in [2.75, 3.05) is 10.6 Å². The Balaban J connectivity index is 1.58. The lowest BCUT2D eigenvalue weighted by atomic mass is 9.82. The summed E-state index contributed by atoms with van der Waals surface area (Å²) in [5.41, 5.74) is 3.95. The molecule has 0 spiro atoms. The van der Waals surface area contributed by atoms with Crippen LogP contribution in [0.15, 0.2) is 120 Å². The molecule has 0 saturated heterocycles. The highest BCUT2D eigenvalue weighted by Gasteiger charge is 2.35. The number of rotatable bonds is 10. The van der Waals surface area contributed by atoms with Gasteiger partial charge in [-0.25, -0.2) is 4.98 Å². The fraction of sp³-hybridized carbons (Fsp3) is 0.129. The molecule has 7 heteroatoms. The normalized spacial score (nSPS) is 13.3. The van der Waals surface area contributed by atoms with E-state index in [9.17, 15) is 9.90 Å². The first-order valence-electron chi connectivity index (χ1n) is 12.4. The molecule has 0 fully saturated rings. The Labute approximate surface area is 226 Å². The molecular weight excluding hydrogens is 492 g/mol. The summed E-state index contributed by atoms with van der Waals surface area (Å²) in [5, 5.41) is 22.4. The first-order valence-corrected chi connectivity index (χ1v) is 13.3. The molecule has 3 aromatic heterocycles. The number of carbonyl (C=O) groups is 1. The summed E-state index contributed by atoms with van der Waals surface area (Å²) in [4.78, 5) is 22.1. The number of hydrogen-bond acceptors (Lipinski definition) is 6. The SMILES string of the molecule is O=C(Cc1ccsc1)Nc1ccccc1[C@@H](Nc1ccccn1)[C@H](c1ccccn1)[C@H](O)c1ccccc1. The fourth-order valence-electron chi connectivity index (χ4n) is 4.57. The summed E-state index contributed by atoms with van der Waals surface area (Å²) in [5.74, 6) is 0.0408. The summed E-state index contributed by atoms with van der Waals surface area (Å²) < 4.78 is 0. The van der Waals surface area contributed by atoms with E-state index in [1.54, 1.807) is 23.7 Å². The third-order valence-electron chi connectivity index (χ3n) is 6.35. The maximum Gasteiger partial charge on any atom is 0.228 e. The van der Waals surface area contributed by atoms with Gasteiger partial charge in [0, 0.05) is 23.8 Å². The molecule has 0 unspecified atom stereocenters. The number of hydrogen-bond donors (Lipinski definition) is 3. The molecule has 5 aromatic rings. The van der Waals surface area contributed by atoms with Crippen molar-refractivity contribution in [1.82, 2.24) is 9.97 Å². The maximum absolute atomic E-state index is 13.0. The number of nitrogens with zero attached hydrogens (tertiary/aromatic N) is 2. The minimum atomic E-state index is -0.887. The van der Waals surface area contributed by atoms with Crippen molar-refractivity contribution in [3.8, 4) is 0 Å². The van der Waals surface area contributed by atoms with Crippen LogP contribution in [0.4, 0.5) is 11.5 Å². The highest BCUT2D eigenvalue weighted by Crippen LogP contribution is 2.43. The van der Waals surface area contributed by atoms with Gasteiger partial charge in [0.05, 0.1) is 24.5 Å². The Morgan fingerprint density at radius 2 is 1.58 bits per heavy atom. The van der Waals surface area contributed by atoms with Crippen molar-refractivity contribution < 1.29 is 9.90 Å². The molecule has 0 aliphatic heterocycles. The molecule has 3 atom stereocenters. The average molecular weight is 521 g/mol. The van der Waals surface area contributed by atoms with Crippen LogP contribution in [0.3, 0.4) is 0 Å². The van der Waals surface area contributed by atoms with Gasteiger partial charge >= 0.3 is 0 Å². The van der Waals surface area contributed by atoms with Crippen molar-refractivity contribution in [3.05, 3.63) is 143 Å². The lowest BCUT2D eigenvalue weighted by molar-refractivity contribution is -0.115. The third-order valence-corrected chi connectivity index (χ3v) is 7.08. The monoisotopic (exact) mass is 520 g/mol. The zero-order valence-corrected chi connectivity index (χ0v) is 21.5. The van der Waals surface area contributed by atoms with Crippen LogP contribution in [0, 0.1) is 0 Å². The van der Waals surface area contributed by atoms with Crippen molar-refractivity contribution in [1.29, 1.82) is 0 Å². The zero-order chi connectivity index (χ0) is 26.2. The molecule has 0 aliphatic carbocycles. The Hall–Kier alpha value is -4.33. The number of benzene rings is 2. The van der Waals surface area contributed by atoms with E-state index in [0.717, 1.165) is 22.4 Å². The topological polar surface area (TPSA) is 87.1 Å². The van der Waals surface area contributed by atoms with Gasteiger partial charge in [-0.15, -0.1) is 0 Å². The second-order valence-corrected chi connectivity index (χ2v) is 9.70. The minimum Gasteiger partial charge on any atom is -0.388 e. The van der Waals surface area contributed by atoms with Gasteiger partial charge in [0.15, 0.2) is 0 Å². The molecule has 1 amide bonds. The van der Waals surface area contributed by atoms with Gasteiger partial charge in [-0.2, -0.15) is 11.3 Å². The molecule has 0 bridgehead atoms. The first kappa shape index (κ1) is 25.3. The second-order valence-electron chi connectivity index (χ2n) is 8.92. The molecule has 3 heterocycles. The molecule has 0 saturated carbocycles. The Kier molecular flexibility index (Phi) is 8.18. The quantitative estimate of drug-likeness (QED) is 0.199. The lowest BCUT2D eigenvalue weighted by Crippen LogP contribution is -2.27. The number of anilines is 2. The van der Waals surface area contributed by atoms with Crippen LogP contribution in [0.2, 0.25) is 0 Å². The number of aliphatic hydroxyl groups is 1. The number of aromatic nitrogens is 2. The smallest absolute Gasteiger partial charge is 0.228 e. The Bertz CT molecular complexity index is 1430. The van der Waals surface area contributed by atoms with E-state index in [4.69, 9.17) is 0 Å². The summed E-state index contributed by atoms with van der Waals surface area (Å²) >= 11 is 1.57. The number of carbonyl (C=O) groups excluding carboxylic acids is 1. The van der Waals surface area contributed by atoms with Crippen LogP contribution in [0.1, 0.15) is 40.4 Å². The highest BCUT2D eigenvalue weighted by molar-refractivity contribution is 7.08. The van der Waals surface area contributed by atoms with Gasteiger partial charge in [-0.05, 0) is 63.8 Å². The van der Waals surface area contributed by atoms with Crippen LogP contribution < -0.4 is 10.6 Å². The molecular formula is C31H28N4O2S. The van der Waals surface area contributed by atoms with E-state index in [-0.39, 0.29) is 12.3 Å². The van der Waals surface area contributed by atoms with Crippen molar-refractivity contribution in [3.63, 3.8) is 0 Å². The molecule has 0 radical (unpaired) electrons. The molecule has 3 N–H and O–H groups in total. The number of aliphatic hydroxyl groups excluding tert-OH is 1. The number of pyridine rings is 2. The highest BCUT2D eigenvalue weighted by atomic mass is 32.1. The van der Waals surface area contributed by atoms with E-state index < -0.39 is 18.1 Å². The Morgan fingerprint density at radius 1 is 0.842 bits per heavy atom. The van der Waals surface area contributed by atoms with Crippen LogP contribution >= 0.6 is 11.3 Å². The van der Waals surface area contributed by atoms with Gasteiger partial charge in [-0.3, -0.25) is 9.78 Å². The first-order chi connectivity index (χ1) is 18.7. The van der Waals surface area contributed by atoms with Crippen molar-refractivity contribution in [2.24, 2.45) is 0 Å². The van der Waals surface area contributed by atoms with Gasteiger partial charge < -0.3 is 15.7 Å².